The first-order valence-electron chi connectivity index (χ1n) is 7.28. The standard InChI is InChI=1S/C14H23N5/c1-11-9-13(17-14(15-2)16-11)19-8-7-18-6-4-3-5-12(18)10-19/h9,12H,3-8,10H2,1-2H3,(H,15,16,17). The van der Waals surface area contributed by atoms with Crippen LogP contribution in [0.3, 0.4) is 0 Å². The van der Waals surface area contributed by atoms with Gasteiger partial charge in [0.25, 0.3) is 0 Å². The molecule has 5 nitrogen and oxygen atoms in total. The summed E-state index contributed by atoms with van der Waals surface area (Å²) in [6, 6.07) is 2.81. The van der Waals surface area contributed by atoms with E-state index in [2.05, 4.69) is 31.2 Å². The second kappa shape index (κ2) is 5.33. The van der Waals surface area contributed by atoms with Crippen LogP contribution in [-0.4, -0.2) is 54.1 Å². The maximum absolute atomic E-state index is 4.60. The number of fused-ring (bicyclic) bond motifs is 1. The Hall–Kier alpha value is -1.36. The van der Waals surface area contributed by atoms with Crippen molar-refractivity contribution in [2.75, 3.05) is 43.4 Å². The first kappa shape index (κ1) is 12.7. The molecule has 3 heterocycles. The van der Waals surface area contributed by atoms with Gasteiger partial charge in [-0.3, -0.25) is 4.90 Å². The van der Waals surface area contributed by atoms with Gasteiger partial charge in [-0.2, -0.15) is 4.98 Å². The fourth-order valence-electron chi connectivity index (χ4n) is 3.19. The summed E-state index contributed by atoms with van der Waals surface area (Å²) in [5, 5.41) is 3.04. The molecule has 0 saturated carbocycles. The zero-order valence-corrected chi connectivity index (χ0v) is 11.9. The molecule has 104 valence electrons. The number of aromatic nitrogens is 2. The highest BCUT2D eigenvalue weighted by atomic mass is 15.3. The van der Waals surface area contributed by atoms with Crippen LogP contribution in [-0.2, 0) is 0 Å². The molecule has 1 aromatic rings. The number of nitrogens with zero attached hydrogens (tertiary/aromatic N) is 4. The summed E-state index contributed by atoms with van der Waals surface area (Å²) in [7, 11) is 1.87. The highest BCUT2D eigenvalue weighted by Crippen LogP contribution is 2.24. The van der Waals surface area contributed by atoms with Crippen LogP contribution in [0, 0.1) is 6.92 Å². The van der Waals surface area contributed by atoms with E-state index in [9.17, 15) is 0 Å². The molecule has 1 N–H and O–H groups in total. The lowest BCUT2D eigenvalue weighted by molar-refractivity contribution is 0.133. The van der Waals surface area contributed by atoms with Crippen LogP contribution < -0.4 is 10.2 Å². The lowest BCUT2D eigenvalue weighted by Crippen LogP contribution is -2.55. The number of anilines is 2. The molecule has 0 aliphatic carbocycles. The normalized spacial score (nSPS) is 24.1. The van der Waals surface area contributed by atoms with E-state index < -0.39 is 0 Å². The SMILES string of the molecule is CNc1nc(C)cc(N2CCN3CCCCC3C2)n1. The molecule has 0 bridgehead atoms. The Morgan fingerprint density at radius 1 is 1.21 bits per heavy atom. The molecule has 0 radical (unpaired) electrons. The van der Waals surface area contributed by atoms with E-state index in [1.165, 1.54) is 32.4 Å². The molecule has 1 atom stereocenters. The first-order valence-corrected chi connectivity index (χ1v) is 7.28. The van der Waals surface area contributed by atoms with Crippen molar-refractivity contribution in [2.24, 2.45) is 0 Å². The predicted molar refractivity (Wildman–Crippen MR) is 77.7 cm³/mol. The molecule has 2 fully saturated rings. The number of nitrogens with one attached hydrogen (secondary N) is 1. The number of piperazine rings is 1. The summed E-state index contributed by atoms with van der Waals surface area (Å²) in [6.45, 7) is 6.67. The topological polar surface area (TPSA) is 44.3 Å². The van der Waals surface area contributed by atoms with Crippen molar-refractivity contribution >= 4 is 11.8 Å². The molecule has 19 heavy (non-hydrogen) atoms. The molecule has 2 aliphatic heterocycles. The highest BCUT2D eigenvalue weighted by molar-refractivity contribution is 5.45. The second-order valence-electron chi connectivity index (χ2n) is 5.57. The fraction of sp³-hybridized carbons (Fsp3) is 0.714. The van der Waals surface area contributed by atoms with Gasteiger partial charge in [-0.05, 0) is 26.3 Å². The quantitative estimate of drug-likeness (QED) is 0.874. The van der Waals surface area contributed by atoms with Crippen molar-refractivity contribution < 1.29 is 0 Å². The predicted octanol–water partition coefficient (Wildman–Crippen LogP) is 1.50. The Morgan fingerprint density at radius 3 is 2.95 bits per heavy atom. The zero-order valence-electron chi connectivity index (χ0n) is 11.9. The molecule has 3 rings (SSSR count). The van der Waals surface area contributed by atoms with Gasteiger partial charge in [0.2, 0.25) is 5.95 Å². The number of hydrogen-bond acceptors (Lipinski definition) is 5. The molecule has 2 aliphatic rings. The van der Waals surface area contributed by atoms with Gasteiger partial charge < -0.3 is 10.2 Å². The van der Waals surface area contributed by atoms with Crippen LogP contribution in [0.15, 0.2) is 6.07 Å². The summed E-state index contributed by atoms with van der Waals surface area (Å²) in [6.07, 6.45) is 4.08. The lowest BCUT2D eigenvalue weighted by atomic mass is 9.99. The molecule has 2 saturated heterocycles. The minimum Gasteiger partial charge on any atom is -0.357 e. The molecule has 0 aromatic carbocycles. The Kier molecular flexibility index (Phi) is 3.55. The molecule has 0 spiro atoms. The van der Waals surface area contributed by atoms with Gasteiger partial charge in [-0.25, -0.2) is 4.98 Å². The van der Waals surface area contributed by atoms with Gasteiger partial charge in [-0.1, -0.05) is 6.42 Å². The summed E-state index contributed by atoms with van der Waals surface area (Å²) in [4.78, 5) is 14.0. The van der Waals surface area contributed by atoms with E-state index in [1.54, 1.807) is 0 Å². The van der Waals surface area contributed by atoms with Gasteiger partial charge in [0, 0.05) is 44.5 Å². The first-order chi connectivity index (χ1) is 9.26. The van der Waals surface area contributed by atoms with Crippen molar-refractivity contribution in [3.63, 3.8) is 0 Å². The molecule has 1 unspecified atom stereocenters. The second-order valence-corrected chi connectivity index (χ2v) is 5.57. The fourth-order valence-corrected chi connectivity index (χ4v) is 3.19. The lowest BCUT2D eigenvalue weighted by Gasteiger charge is -2.44. The average molecular weight is 261 g/mol. The van der Waals surface area contributed by atoms with Crippen LogP contribution in [0.4, 0.5) is 11.8 Å². The summed E-state index contributed by atoms with van der Waals surface area (Å²) in [5.41, 5.74) is 1.03. The third kappa shape index (κ3) is 2.66. The van der Waals surface area contributed by atoms with Gasteiger partial charge >= 0.3 is 0 Å². The average Bonchev–Trinajstić information content (AvgIpc) is 2.46. The third-order valence-electron chi connectivity index (χ3n) is 4.23. The van der Waals surface area contributed by atoms with E-state index in [0.29, 0.717) is 0 Å². The zero-order chi connectivity index (χ0) is 13.2. The van der Waals surface area contributed by atoms with Gasteiger partial charge in [-0.15, -0.1) is 0 Å². The summed E-state index contributed by atoms with van der Waals surface area (Å²) in [5.74, 6) is 1.79. The van der Waals surface area contributed by atoms with Gasteiger partial charge in [0.15, 0.2) is 0 Å². The number of aryl methyl sites for hydroxylation is 1. The van der Waals surface area contributed by atoms with E-state index in [-0.39, 0.29) is 0 Å². The van der Waals surface area contributed by atoms with Crippen LogP contribution >= 0.6 is 0 Å². The third-order valence-corrected chi connectivity index (χ3v) is 4.23. The van der Waals surface area contributed by atoms with E-state index in [1.807, 2.05) is 14.0 Å². The van der Waals surface area contributed by atoms with Crippen molar-refractivity contribution in [2.45, 2.75) is 32.2 Å². The van der Waals surface area contributed by atoms with Crippen LogP contribution in [0.5, 0.6) is 0 Å². The van der Waals surface area contributed by atoms with E-state index >= 15 is 0 Å². The Morgan fingerprint density at radius 2 is 2.11 bits per heavy atom. The summed E-state index contributed by atoms with van der Waals surface area (Å²) < 4.78 is 0. The van der Waals surface area contributed by atoms with Crippen LogP contribution in [0.2, 0.25) is 0 Å². The Bertz CT molecular complexity index is 447. The molecule has 5 heteroatoms. The van der Waals surface area contributed by atoms with Gasteiger partial charge in [0.05, 0.1) is 0 Å². The number of piperidine rings is 1. The largest absolute Gasteiger partial charge is 0.357 e. The minimum atomic E-state index is 0.718. The molecular weight excluding hydrogens is 238 g/mol. The molecular formula is C14H23N5. The smallest absolute Gasteiger partial charge is 0.224 e. The monoisotopic (exact) mass is 261 g/mol. The Labute approximate surface area is 115 Å². The molecule has 0 amide bonds. The Balaban J connectivity index is 1.77. The van der Waals surface area contributed by atoms with Crippen LogP contribution in [0.1, 0.15) is 25.0 Å². The van der Waals surface area contributed by atoms with Gasteiger partial charge in [0.1, 0.15) is 5.82 Å². The van der Waals surface area contributed by atoms with Crippen molar-refractivity contribution in [3.05, 3.63) is 11.8 Å². The van der Waals surface area contributed by atoms with Crippen molar-refractivity contribution in [1.29, 1.82) is 0 Å². The molecule has 1 aromatic heterocycles. The maximum atomic E-state index is 4.60. The van der Waals surface area contributed by atoms with E-state index in [0.717, 1.165) is 36.6 Å². The van der Waals surface area contributed by atoms with Crippen molar-refractivity contribution in [3.8, 4) is 0 Å². The number of hydrogen-bond donors (Lipinski definition) is 1. The summed E-state index contributed by atoms with van der Waals surface area (Å²) >= 11 is 0. The van der Waals surface area contributed by atoms with E-state index in [4.69, 9.17) is 0 Å². The maximum Gasteiger partial charge on any atom is 0.224 e. The minimum absolute atomic E-state index is 0.718. The number of rotatable bonds is 2. The van der Waals surface area contributed by atoms with Crippen LogP contribution in [0.25, 0.3) is 0 Å². The van der Waals surface area contributed by atoms with Crippen molar-refractivity contribution in [1.82, 2.24) is 14.9 Å². The highest BCUT2D eigenvalue weighted by Gasteiger charge is 2.29.